The minimum atomic E-state index is -3.18. The van der Waals surface area contributed by atoms with Crippen LogP contribution in [0, 0.1) is 11.3 Å². The number of anilines is 1. The minimum absolute atomic E-state index is 0. The number of hydrogen-bond acceptors (Lipinski definition) is 6. The number of imidazole rings is 1. The number of nitriles is 1. The SMILES string of the molecule is CC(C)(c1ccc(C#N)cc1)n1cncc1CN1CC(=O)N(c2cccc(Cl)c2)C[C@@H]1CCS(C)(=O)=O.Cl.Cl. The van der Waals surface area contributed by atoms with E-state index >= 15 is 0 Å². The fraction of sp³-hybridized carbons (Fsp3) is 0.370. The number of sulfone groups is 1. The number of hydrogen-bond donors (Lipinski definition) is 0. The highest BCUT2D eigenvalue weighted by atomic mass is 35.5. The van der Waals surface area contributed by atoms with Crippen molar-refractivity contribution in [2.75, 3.05) is 30.0 Å². The van der Waals surface area contributed by atoms with E-state index in [1.807, 2.05) is 23.1 Å². The summed E-state index contributed by atoms with van der Waals surface area (Å²) in [6, 6.07) is 16.6. The summed E-state index contributed by atoms with van der Waals surface area (Å²) in [6.07, 6.45) is 5.18. The summed E-state index contributed by atoms with van der Waals surface area (Å²) in [4.78, 5) is 21.3. The molecule has 1 amide bonds. The molecule has 1 aromatic heterocycles. The number of piperazine rings is 1. The van der Waals surface area contributed by atoms with Crippen LogP contribution in [-0.4, -0.2) is 59.9 Å². The van der Waals surface area contributed by atoms with Crippen molar-refractivity contribution in [1.82, 2.24) is 14.5 Å². The lowest BCUT2D eigenvalue weighted by Crippen LogP contribution is -2.56. The average Bonchev–Trinajstić information content (AvgIpc) is 3.32. The Hall–Kier alpha value is -2.61. The van der Waals surface area contributed by atoms with E-state index in [0.717, 1.165) is 11.3 Å². The summed E-state index contributed by atoms with van der Waals surface area (Å²) in [5.74, 6) is -0.0443. The van der Waals surface area contributed by atoms with Crippen LogP contribution in [0.1, 0.15) is 37.1 Å². The van der Waals surface area contributed by atoms with Crippen LogP contribution < -0.4 is 4.90 Å². The summed E-state index contributed by atoms with van der Waals surface area (Å²) in [7, 11) is -3.18. The van der Waals surface area contributed by atoms with Gasteiger partial charge in [-0.3, -0.25) is 9.69 Å². The second-order valence-corrected chi connectivity index (χ2v) is 12.7. The quantitative estimate of drug-likeness (QED) is 0.366. The third-order valence-electron chi connectivity index (χ3n) is 6.89. The highest BCUT2D eigenvalue weighted by molar-refractivity contribution is 7.90. The molecule has 0 radical (unpaired) electrons. The summed E-state index contributed by atoms with van der Waals surface area (Å²) >= 11 is 6.17. The van der Waals surface area contributed by atoms with Gasteiger partial charge >= 0.3 is 0 Å². The lowest BCUT2D eigenvalue weighted by molar-refractivity contribution is -0.122. The van der Waals surface area contributed by atoms with Gasteiger partial charge in [-0.05, 0) is 56.2 Å². The molecule has 39 heavy (non-hydrogen) atoms. The van der Waals surface area contributed by atoms with Gasteiger partial charge in [0.2, 0.25) is 5.91 Å². The molecule has 2 aromatic carbocycles. The molecule has 4 rings (SSSR count). The molecule has 1 atom stereocenters. The van der Waals surface area contributed by atoms with Gasteiger partial charge in [-0.1, -0.05) is 29.8 Å². The molecule has 210 valence electrons. The molecule has 0 aliphatic carbocycles. The van der Waals surface area contributed by atoms with E-state index in [2.05, 4.69) is 29.5 Å². The van der Waals surface area contributed by atoms with E-state index in [1.165, 1.54) is 6.26 Å². The Labute approximate surface area is 247 Å². The molecule has 0 N–H and O–H groups in total. The van der Waals surface area contributed by atoms with Crippen LogP contribution in [0.15, 0.2) is 61.1 Å². The molecule has 12 heteroatoms. The largest absolute Gasteiger partial charge is 0.324 e. The minimum Gasteiger partial charge on any atom is -0.324 e. The fourth-order valence-corrected chi connectivity index (χ4v) is 5.65. The summed E-state index contributed by atoms with van der Waals surface area (Å²) < 4.78 is 26.1. The van der Waals surface area contributed by atoms with Gasteiger partial charge in [0.1, 0.15) is 9.84 Å². The predicted molar refractivity (Wildman–Crippen MR) is 159 cm³/mol. The number of carbonyl (C=O) groups excluding carboxylic acids is 1. The van der Waals surface area contributed by atoms with Gasteiger partial charge in [-0.15, -0.1) is 24.8 Å². The van der Waals surface area contributed by atoms with Crippen LogP contribution in [0.4, 0.5) is 5.69 Å². The molecule has 0 saturated carbocycles. The van der Waals surface area contributed by atoms with Crippen molar-refractivity contribution in [2.45, 2.75) is 38.4 Å². The Bertz CT molecular complexity index is 1440. The van der Waals surface area contributed by atoms with Crippen LogP contribution in [0.5, 0.6) is 0 Å². The number of carbonyl (C=O) groups is 1. The number of rotatable bonds is 8. The summed E-state index contributed by atoms with van der Waals surface area (Å²) in [5.41, 5.74) is 2.75. The smallest absolute Gasteiger partial charge is 0.241 e. The zero-order valence-corrected chi connectivity index (χ0v) is 25.2. The van der Waals surface area contributed by atoms with E-state index in [4.69, 9.17) is 16.9 Å². The maximum absolute atomic E-state index is 13.2. The van der Waals surface area contributed by atoms with E-state index in [9.17, 15) is 13.2 Å². The second-order valence-electron chi connectivity index (χ2n) is 9.96. The first-order valence-electron chi connectivity index (χ1n) is 12.0. The Morgan fingerprint density at radius 3 is 2.46 bits per heavy atom. The molecule has 0 unspecified atom stereocenters. The van der Waals surface area contributed by atoms with Crippen molar-refractivity contribution < 1.29 is 13.2 Å². The maximum Gasteiger partial charge on any atom is 0.241 e. The molecular weight excluding hydrogens is 581 g/mol. The summed E-state index contributed by atoms with van der Waals surface area (Å²) in [6.45, 7) is 5.08. The summed E-state index contributed by atoms with van der Waals surface area (Å²) in [5, 5.41) is 9.68. The molecule has 8 nitrogen and oxygen atoms in total. The van der Waals surface area contributed by atoms with Crippen molar-refractivity contribution >= 4 is 57.8 Å². The predicted octanol–water partition coefficient (Wildman–Crippen LogP) is 4.69. The Kier molecular flexibility index (Phi) is 11.0. The van der Waals surface area contributed by atoms with Gasteiger partial charge in [0, 0.05) is 42.3 Å². The van der Waals surface area contributed by atoms with E-state index in [0.29, 0.717) is 35.8 Å². The number of nitrogens with zero attached hydrogens (tertiary/aromatic N) is 5. The lowest BCUT2D eigenvalue weighted by atomic mass is 9.93. The van der Waals surface area contributed by atoms with Gasteiger partial charge in [0.25, 0.3) is 0 Å². The molecule has 0 spiro atoms. The molecular formula is C27H32Cl3N5O3S. The van der Waals surface area contributed by atoms with E-state index in [-0.39, 0.29) is 49.1 Å². The molecule has 2 heterocycles. The zero-order chi connectivity index (χ0) is 26.8. The van der Waals surface area contributed by atoms with Crippen LogP contribution in [0.2, 0.25) is 5.02 Å². The van der Waals surface area contributed by atoms with Crippen LogP contribution in [-0.2, 0) is 26.7 Å². The topological polar surface area (TPSA) is 99.3 Å². The second kappa shape index (κ2) is 13.2. The average molecular weight is 613 g/mol. The first kappa shape index (κ1) is 32.6. The molecule has 1 aliphatic heterocycles. The number of amides is 1. The molecule has 1 saturated heterocycles. The lowest BCUT2D eigenvalue weighted by Gasteiger charge is -2.41. The van der Waals surface area contributed by atoms with Crippen LogP contribution >= 0.6 is 36.4 Å². The van der Waals surface area contributed by atoms with E-state index in [1.54, 1.807) is 47.8 Å². The molecule has 1 fully saturated rings. The number of halogens is 3. The Morgan fingerprint density at radius 1 is 1.15 bits per heavy atom. The van der Waals surface area contributed by atoms with Crippen molar-refractivity contribution in [2.24, 2.45) is 0 Å². The van der Waals surface area contributed by atoms with Gasteiger partial charge in [0.05, 0.1) is 41.5 Å². The van der Waals surface area contributed by atoms with Crippen molar-refractivity contribution in [3.05, 3.63) is 82.9 Å². The zero-order valence-electron chi connectivity index (χ0n) is 21.9. The highest BCUT2D eigenvalue weighted by Crippen LogP contribution is 2.30. The number of aromatic nitrogens is 2. The Morgan fingerprint density at radius 2 is 1.85 bits per heavy atom. The van der Waals surface area contributed by atoms with Gasteiger partial charge in [0.15, 0.2) is 0 Å². The molecule has 0 bridgehead atoms. The van der Waals surface area contributed by atoms with Gasteiger partial charge in [-0.25, -0.2) is 13.4 Å². The highest BCUT2D eigenvalue weighted by Gasteiger charge is 2.35. The van der Waals surface area contributed by atoms with Gasteiger partial charge < -0.3 is 9.47 Å². The first-order valence-corrected chi connectivity index (χ1v) is 14.4. The maximum atomic E-state index is 13.2. The van der Waals surface area contributed by atoms with Crippen molar-refractivity contribution in [1.29, 1.82) is 5.26 Å². The molecule has 3 aromatic rings. The standard InChI is InChI=1S/C27H30ClN5O3S.2ClH/c1-27(2,21-9-7-20(14-29)8-10-21)33-19-30-15-25(33)16-31-18-26(34)32(23-6-4-5-22(28)13-23)17-24(31)11-12-37(3,35)36;;/h4-10,13,15,19,24H,11-12,16-18H2,1-3H3;2*1H/t24-;;/m0../s1. The van der Waals surface area contributed by atoms with Crippen LogP contribution in [0.25, 0.3) is 0 Å². The van der Waals surface area contributed by atoms with Crippen molar-refractivity contribution in [3.63, 3.8) is 0 Å². The normalized spacial score (nSPS) is 16.2. The molecule has 1 aliphatic rings. The fourth-order valence-electron chi connectivity index (χ4n) is 4.76. The van der Waals surface area contributed by atoms with E-state index < -0.39 is 15.4 Å². The Balaban J connectivity index is 0.00000267. The van der Waals surface area contributed by atoms with Crippen LogP contribution in [0.3, 0.4) is 0 Å². The number of benzene rings is 2. The first-order chi connectivity index (χ1) is 17.5. The third-order valence-corrected chi connectivity index (χ3v) is 8.11. The third kappa shape index (κ3) is 7.74. The monoisotopic (exact) mass is 611 g/mol. The van der Waals surface area contributed by atoms with Crippen molar-refractivity contribution in [3.8, 4) is 6.07 Å². The van der Waals surface area contributed by atoms with Gasteiger partial charge in [-0.2, -0.15) is 5.26 Å².